The average molecular weight is 1030 g/mol. The van der Waals surface area contributed by atoms with E-state index in [1.165, 1.54) is 103 Å². The molecule has 12 aromatic rings. The molecule has 0 unspecified atom stereocenters. The Balaban J connectivity index is 0.000000133. The van der Waals surface area contributed by atoms with Crippen LogP contribution in [-0.4, -0.2) is 0 Å². The minimum absolute atomic E-state index is 0.0881. The third-order valence-corrected chi connectivity index (χ3v) is 16.3. The van der Waals surface area contributed by atoms with Crippen molar-refractivity contribution in [3.05, 3.63) is 216 Å². The Kier molecular flexibility index (Phi) is 13.8. The molecule has 390 valence electrons. The van der Waals surface area contributed by atoms with Gasteiger partial charge >= 0.3 is 0 Å². The van der Waals surface area contributed by atoms with E-state index in [4.69, 9.17) is 8.83 Å². The van der Waals surface area contributed by atoms with Gasteiger partial charge in [-0.3, -0.25) is 0 Å². The third kappa shape index (κ3) is 10.5. The van der Waals surface area contributed by atoms with Crippen LogP contribution in [-0.2, 0) is 27.1 Å². The molecule has 12 rings (SSSR count). The molecule has 0 spiro atoms. The van der Waals surface area contributed by atoms with Gasteiger partial charge in [0.25, 0.3) is 0 Å². The van der Waals surface area contributed by atoms with E-state index < -0.39 is 0 Å². The molecule has 0 radical (unpaired) electrons. The van der Waals surface area contributed by atoms with Crippen molar-refractivity contribution in [2.75, 3.05) is 0 Å². The number of fused-ring (bicyclic) bond motifs is 9. The Morgan fingerprint density at radius 1 is 0.286 bits per heavy atom. The number of hydrogen-bond acceptors (Lipinski definition) is 3. The van der Waals surface area contributed by atoms with Gasteiger partial charge in [0.05, 0.1) is 0 Å². The molecular weight excluding hydrogens is 953 g/mol. The second kappa shape index (κ2) is 20.0. The minimum atomic E-state index is 0.0881. The largest absolute Gasteiger partial charge is 0.456 e. The van der Waals surface area contributed by atoms with Crippen molar-refractivity contribution in [2.45, 2.75) is 131 Å². The highest BCUT2D eigenvalue weighted by Gasteiger charge is 2.26. The normalized spacial score (nSPS) is 12.6. The van der Waals surface area contributed by atoms with Crippen LogP contribution in [0.4, 0.5) is 0 Å². The maximum absolute atomic E-state index is 6.21. The number of rotatable bonds is 3. The van der Waals surface area contributed by atoms with E-state index in [2.05, 4.69) is 268 Å². The molecular formula is C74H76O2S. The van der Waals surface area contributed by atoms with Crippen molar-refractivity contribution < 1.29 is 8.83 Å². The Hall–Kier alpha value is -7.20. The second-order valence-electron chi connectivity index (χ2n) is 26.2. The van der Waals surface area contributed by atoms with E-state index >= 15 is 0 Å². The summed E-state index contributed by atoms with van der Waals surface area (Å²) in [4.78, 5) is 0. The quantitative estimate of drug-likeness (QED) is 0.176. The van der Waals surface area contributed by atoms with Crippen LogP contribution in [0.1, 0.15) is 132 Å². The molecule has 0 aliphatic carbocycles. The van der Waals surface area contributed by atoms with Crippen LogP contribution in [0.15, 0.2) is 197 Å². The summed E-state index contributed by atoms with van der Waals surface area (Å²) in [5, 5.41) is 7.60. The van der Waals surface area contributed by atoms with Gasteiger partial charge in [-0.15, -0.1) is 11.3 Å². The zero-order chi connectivity index (χ0) is 54.8. The lowest BCUT2D eigenvalue weighted by molar-refractivity contribution is 0.569. The van der Waals surface area contributed by atoms with Crippen LogP contribution in [0.2, 0.25) is 0 Å². The van der Waals surface area contributed by atoms with Crippen molar-refractivity contribution in [1.29, 1.82) is 0 Å². The molecule has 77 heavy (non-hydrogen) atoms. The zero-order valence-corrected chi connectivity index (χ0v) is 48.9. The molecule has 3 aromatic heterocycles. The minimum Gasteiger partial charge on any atom is -0.456 e. The monoisotopic (exact) mass is 1030 g/mol. The predicted molar refractivity (Wildman–Crippen MR) is 337 cm³/mol. The SMILES string of the molecule is CC(C)(C)c1cc(-c2cccc3sc4cccc(C(C)(C)C)c4c23)cc(C(C)(C)C)c1.CC(C)(C)c1ccccc1-c1cccc2c1oc1ccccc12.CC(C)(C)c1ccccc1-c1cccc2oc3ccccc3c12. The smallest absolute Gasteiger partial charge is 0.143 e. The molecule has 0 fully saturated rings. The van der Waals surface area contributed by atoms with Gasteiger partial charge < -0.3 is 8.83 Å². The number of thiophene rings is 1. The lowest BCUT2D eigenvalue weighted by Crippen LogP contribution is -2.16. The maximum atomic E-state index is 6.21. The molecule has 0 aliphatic heterocycles. The zero-order valence-electron chi connectivity index (χ0n) is 48.1. The standard InChI is InChI=1S/C30H36S.2C22H20O/c1-28(2,3)20-16-19(17-21(18-20)29(4,5)6)22-12-10-14-24-26(22)27-23(30(7,8)9)13-11-15-25(27)31-24;1-22(2,3)19-13-6-4-9-15(19)17-11-8-12-18-16-10-5-7-14-20(16)23-21(17)18;1-22(2,3)18-12-6-4-9-15(18)16-11-8-14-20-21(16)17-10-5-7-13-19(17)23-20/h10-18H,1-9H3;2*4-14H,1-3H3. The molecule has 3 heteroatoms. The molecule has 3 heterocycles. The number of benzene rings is 9. The van der Waals surface area contributed by atoms with Crippen LogP contribution in [0.3, 0.4) is 0 Å². The fourth-order valence-corrected chi connectivity index (χ4v) is 12.2. The van der Waals surface area contributed by atoms with Crippen molar-refractivity contribution in [3.8, 4) is 33.4 Å². The van der Waals surface area contributed by atoms with Crippen molar-refractivity contribution in [2.24, 2.45) is 0 Å². The number of furan rings is 2. The van der Waals surface area contributed by atoms with Gasteiger partial charge in [-0.05, 0) is 113 Å². The van der Waals surface area contributed by atoms with Crippen molar-refractivity contribution in [3.63, 3.8) is 0 Å². The number of para-hydroxylation sites is 3. The molecule has 0 saturated heterocycles. The summed E-state index contributed by atoms with van der Waals surface area (Å²) in [7, 11) is 0. The van der Waals surface area contributed by atoms with Crippen molar-refractivity contribution >= 4 is 75.4 Å². The van der Waals surface area contributed by atoms with Crippen LogP contribution < -0.4 is 0 Å². The van der Waals surface area contributed by atoms with E-state index in [1.807, 2.05) is 35.6 Å². The Labute approximate surface area is 461 Å². The fourth-order valence-electron chi connectivity index (χ4n) is 11.1. The average Bonchev–Trinajstić information content (AvgIpc) is 4.14. The summed E-state index contributed by atoms with van der Waals surface area (Å²) in [5.74, 6) is 0. The first-order valence-corrected chi connectivity index (χ1v) is 28.3. The molecule has 0 bridgehead atoms. The predicted octanol–water partition coefficient (Wildman–Crippen LogP) is 22.7. The lowest BCUT2D eigenvalue weighted by Gasteiger charge is -2.26. The highest BCUT2D eigenvalue weighted by atomic mass is 32.1. The van der Waals surface area contributed by atoms with Crippen LogP contribution in [0.25, 0.3) is 97.4 Å². The van der Waals surface area contributed by atoms with Gasteiger partial charge in [0.2, 0.25) is 0 Å². The van der Waals surface area contributed by atoms with Crippen LogP contribution in [0.5, 0.6) is 0 Å². The van der Waals surface area contributed by atoms with Gasteiger partial charge in [0.15, 0.2) is 0 Å². The van der Waals surface area contributed by atoms with Gasteiger partial charge in [-0.25, -0.2) is 0 Å². The molecule has 9 aromatic carbocycles. The molecule has 0 aliphatic rings. The van der Waals surface area contributed by atoms with Crippen LogP contribution in [0, 0.1) is 0 Å². The molecule has 2 nitrogen and oxygen atoms in total. The first kappa shape index (κ1) is 53.2. The molecule has 0 saturated carbocycles. The van der Waals surface area contributed by atoms with E-state index in [0.29, 0.717) is 0 Å². The van der Waals surface area contributed by atoms with Gasteiger partial charge in [0.1, 0.15) is 22.3 Å². The fraction of sp³-hybridized carbons (Fsp3) is 0.270. The highest BCUT2D eigenvalue weighted by molar-refractivity contribution is 7.26. The Morgan fingerprint density at radius 2 is 0.701 bits per heavy atom. The summed E-state index contributed by atoms with van der Waals surface area (Å²) in [5.41, 5.74) is 18.9. The maximum Gasteiger partial charge on any atom is 0.143 e. The number of hydrogen-bond donors (Lipinski definition) is 0. The summed E-state index contributed by atoms with van der Waals surface area (Å²) < 4.78 is 15.0. The summed E-state index contributed by atoms with van der Waals surface area (Å²) in [6.07, 6.45) is 0. The van der Waals surface area contributed by atoms with Crippen molar-refractivity contribution in [1.82, 2.24) is 0 Å². The van der Waals surface area contributed by atoms with E-state index in [1.54, 1.807) is 0 Å². The topological polar surface area (TPSA) is 26.3 Å². The summed E-state index contributed by atoms with van der Waals surface area (Å²) in [6.45, 7) is 34.4. The molecule has 0 N–H and O–H groups in total. The van der Waals surface area contributed by atoms with Gasteiger partial charge in [-0.2, -0.15) is 0 Å². The van der Waals surface area contributed by atoms with E-state index in [-0.39, 0.29) is 27.1 Å². The first-order valence-electron chi connectivity index (χ1n) is 27.5. The van der Waals surface area contributed by atoms with Gasteiger partial charge in [0, 0.05) is 47.3 Å². The molecule has 0 atom stereocenters. The van der Waals surface area contributed by atoms with E-state index in [9.17, 15) is 0 Å². The van der Waals surface area contributed by atoms with E-state index in [0.717, 1.165) is 22.3 Å². The molecule has 0 amide bonds. The first-order chi connectivity index (χ1) is 36.4. The lowest BCUT2D eigenvalue weighted by atomic mass is 9.78. The Morgan fingerprint density at radius 3 is 1.30 bits per heavy atom. The van der Waals surface area contributed by atoms with Crippen LogP contribution >= 0.6 is 11.3 Å². The second-order valence-corrected chi connectivity index (χ2v) is 27.2. The highest BCUT2D eigenvalue weighted by Crippen LogP contribution is 2.47. The van der Waals surface area contributed by atoms with Gasteiger partial charge in [-0.1, -0.05) is 262 Å². The third-order valence-electron chi connectivity index (χ3n) is 15.2. The summed E-state index contributed by atoms with van der Waals surface area (Å²) in [6, 6.07) is 67.5. The summed E-state index contributed by atoms with van der Waals surface area (Å²) >= 11 is 1.92. The Bertz CT molecular complexity index is 4080.